The fraction of sp³-hybridized carbons (Fsp3) is 0.207. The van der Waals surface area contributed by atoms with Gasteiger partial charge >= 0.3 is 0 Å². The van der Waals surface area contributed by atoms with Crippen molar-refractivity contribution in [1.29, 1.82) is 0 Å². The third kappa shape index (κ3) is 6.79. The molecule has 12 heteroatoms. The smallest absolute Gasteiger partial charge is 0.229 e. The van der Waals surface area contributed by atoms with Crippen molar-refractivity contribution >= 4 is 50.1 Å². The molecule has 0 aliphatic carbocycles. The fourth-order valence-corrected chi connectivity index (χ4v) is 5.06. The number of anilines is 5. The van der Waals surface area contributed by atoms with Crippen molar-refractivity contribution in [1.82, 2.24) is 24.2 Å². The summed E-state index contributed by atoms with van der Waals surface area (Å²) in [6, 6.07) is 21.8. The molecule has 5 aromatic rings. The van der Waals surface area contributed by atoms with Gasteiger partial charge in [0.1, 0.15) is 11.6 Å². The summed E-state index contributed by atoms with van der Waals surface area (Å²) in [6.45, 7) is 0.458. The molecule has 5 rings (SSSR count). The summed E-state index contributed by atoms with van der Waals surface area (Å²) in [5, 5.41) is 6.50. The standard InChI is InChI=1S/C29H31FN8O2S/c1-31-41(39,40)16-14-20-7-9-23(10-8-20)34-28-32-15-13-27(36-28)37(2)24-11-12-26-25(18-24)35-29(38(26)3)33-19-21-5-4-6-22(30)17-21/h4-13,15,17-18,31H,14,16,19H2,1-3H3,(H,33,35)(H,32,34,36). The molecule has 0 unspecified atom stereocenters. The van der Waals surface area contributed by atoms with E-state index in [0.717, 1.165) is 33.5 Å². The highest BCUT2D eigenvalue weighted by Crippen LogP contribution is 2.28. The lowest BCUT2D eigenvalue weighted by molar-refractivity contribution is 0.587. The summed E-state index contributed by atoms with van der Waals surface area (Å²) in [6.07, 6.45) is 2.11. The number of aromatic nitrogens is 4. The van der Waals surface area contributed by atoms with Crippen LogP contribution in [0.25, 0.3) is 11.0 Å². The average molecular weight is 575 g/mol. The Bertz CT molecular complexity index is 1770. The van der Waals surface area contributed by atoms with E-state index in [0.29, 0.717) is 30.7 Å². The van der Waals surface area contributed by atoms with Gasteiger partial charge in [0.2, 0.25) is 21.9 Å². The molecule has 0 saturated heterocycles. The number of sulfonamides is 1. The van der Waals surface area contributed by atoms with E-state index in [2.05, 4.69) is 25.3 Å². The zero-order valence-electron chi connectivity index (χ0n) is 23.0. The number of fused-ring (bicyclic) bond motifs is 1. The van der Waals surface area contributed by atoms with Gasteiger partial charge in [-0.05, 0) is 73.1 Å². The van der Waals surface area contributed by atoms with E-state index in [1.807, 2.05) is 78.2 Å². The predicted octanol–water partition coefficient (Wildman–Crippen LogP) is 4.72. The van der Waals surface area contributed by atoms with E-state index in [1.165, 1.54) is 19.2 Å². The molecule has 2 aromatic heterocycles. The lowest BCUT2D eigenvalue weighted by atomic mass is 10.1. The van der Waals surface area contributed by atoms with E-state index in [1.54, 1.807) is 12.3 Å². The van der Waals surface area contributed by atoms with Crippen LogP contribution in [0.5, 0.6) is 0 Å². The van der Waals surface area contributed by atoms with Crippen LogP contribution >= 0.6 is 0 Å². The Balaban J connectivity index is 1.27. The van der Waals surface area contributed by atoms with Crippen LogP contribution < -0.4 is 20.3 Å². The number of hydrogen-bond donors (Lipinski definition) is 3. The molecule has 3 N–H and O–H groups in total. The van der Waals surface area contributed by atoms with Gasteiger partial charge in [-0.3, -0.25) is 0 Å². The van der Waals surface area contributed by atoms with Crippen LogP contribution in [-0.2, 0) is 30.0 Å². The molecule has 41 heavy (non-hydrogen) atoms. The summed E-state index contributed by atoms with van der Waals surface area (Å²) in [5.74, 6) is 1.58. The number of nitrogens with zero attached hydrogens (tertiary/aromatic N) is 5. The Kier molecular flexibility index (Phi) is 8.13. The monoisotopic (exact) mass is 574 g/mol. The summed E-state index contributed by atoms with van der Waals surface area (Å²) >= 11 is 0. The highest BCUT2D eigenvalue weighted by atomic mass is 32.2. The maximum atomic E-state index is 13.5. The van der Waals surface area contributed by atoms with Crippen molar-refractivity contribution in [3.8, 4) is 0 Å². The van der Waals surface area contributed by atoms with E-state index in [-0.39, 0.29) is 11.6 Å². The van der Waals surface area contributed by atoms with Crippen LogP contribution in [-0.4, -0.2) is 47.8 Å². The molecule has 0 spiro atoms. The Morgan fingerprint density at radius 3 is 2.54 bits per heavy atom. The molecule has 0 bridgehead atoms. The Morgan fingerprint density at radius 1 is 0.976 bits per heavy atom. The summed E-state index contributed by atoms with van der Waals surface area (Å²) in [4.78, 5) is 15.7. The maximum Gasteiger partial charge on any atom is 0.229 e. The fourth-order valence-electron chi connectivity index (χ4n) is 4.35. The number of aryl methyl sites for hydroxylation is 2. The van der Waals surface area contributed by atoms with E-state index in [9.17, 15) is 12.8 Å². The van der Waals surface area contributed by atoms with E-state index in [4.69, 9.17) is 4.98 Å². The first-order valence-electron chi connectivity index (χ1n) is 13.0. The lowest BCUT2D eigenvalue weighted by Crippen LogP contribution is -2.23. The Hall–Kier alpha value is -4.55. The van der Waals surface area contributed by atoms with Gasteiger partial charge in [-0.1, -0.05) is 24.3 Å². The SMILES string of the molecule is CNS(=O)(=O)CCc1ccc(Nc2nccc(N(C)c3ccc4c(c3)nc(NCc3cccc(F)c3)n4C)n2)cc1. The van der Waals surface area contributed by atoms with Crippen LogP contribution in [0.4, 0.5) is 33.5 Å². The lowest BCUT2D eigenvalue weighted by Gasteiger charge is -2.19. The number of benzene rings is 3. The summed E-state index contributed by atoms with van der Waals surface area (Å²) < 4.78 is 41.2. The van der Waals surface area contributed by atoms with Gasteiger partial charge in [-0.25, -0.2) is 27.5 Å². The Morgan fingerprint density at radius 2 is 1.78 bits per heavy atom. The normalized spacial score (nSPS) is 11.5. The van der Waals surface area contributed by atoms with Crippen molar-refractivity contribution < 1.29 is 12.8 Å². The van der Waals surface area contributed by atoms with Gasteiger partial charge in [0.15, 0.2) is 0 Å². The van der Waals surface area contributed by atoms with Crippen LogP contribution in [0.15, 0.2) is 79.0 Å². The minimum absolute atomic E-state index is 0.0325. The molecular weight excluding hydrogens is 543 g/mol. The molecule has 212 valence electrons. The first-order valence-corrected chi connectivity index (χ1v) is 14.6. The predicted molar refractivity (Wildman–Crippen MR) is 161 cm³/mol. The van der Waals surface area contributed by atoms with Crippen molar-refractivity contribution in [2.45, 2.75) is 13.0 Å². The average Bonchev–Trinajstić information content (AvgIpc) is 3.30. The number of rotatable bonds is 11. The molecule has 2 heterocycles. The van der Waals surface area contributed by atoms with Crippen molar-refractivity contribution in [2.75, 3.05) is 35.4 Å². The van der Waals surface area contributed by atoms with Crippen molar-refractivity contribution in [3.05, 3.63) is 95.9 Å². The van der Waals surface area contributed by atoms with Crippen LogP contribution in [0.3, 0.4) is 0 Å². The Labute approximate surface area is 238 Å². The highest BCUT2D eigenvalue weighted by Gasteiger charge is 2.13. The molecule has 10 nitrogen and oxygen atoms in total. The second kappa shape index (κ2) is 11.9. The van der Waals surface area contributed by atoms with E-state index < -0.39 is 10.0 Å². The number of hydrogen-bond acceptors (Lipinski definition) is 8. The quantitative estimate of drug-likeness (QED) is 0.208. The molecule has 3 aromatic carbocycles. The molecule has 0 aliphatic heterocycles. The third-order valence-corrected chi connectivity index (χ3v) is 8.12. The largest absolute Gasteiger partial charge is 0.352 e. The van der Waals surface area contributed by atoms with Gasteiger partial charge in [0, 0.05) is 38.2 Å². The maximum absolute atomic E-state index is 13.5. The minimum Gasteiger partial charge on any atom is -0.352 e. The van der Waals surface area contributed by atoms with Crippen molar-refractivity contribution in [2.24, 2.45) is 7.05 Å². The third-order valence-electron chi connectivity index (χ3n) is 6.76. The zero-order chi connectivity index (χ0) is 29.0. The number of imidazole rings is 1. The first-order chi connectivity index (χ1) is 19.7. The molecule has 0 amide bonds. The molecule has 0 saturated carbocycles. The second-order valence-electron chi connectivity index (χ2n) is 9.54. The highest BCUT2D eigenvalue weighted by molar-refractivity contribution is 7.89. The van der Waals surface area contributed by atoms with E-state index >= 15 is 0 Å². The molecule has 0 fully saturated rings. The molecular formula is C29H31FN8O2S. The van der Waals surface area contributed by atoms with Gasteiger partial charge < -0.3 is 20.1 Å². The minimum atomic E-state index is -3.25. The number of nitrogens with one attached hydrogen (secondary N) is 3. The second-order valence-corrected chi connectivity index (χ2v) is 11.6. The molecule has 0 atom stereocenters. The molecule has 0 aliphatic rings. The van der Waals surface area contributed by atoms with Gasteiger partial charge in [0.05, 0.1) is 16.8 Å². The summed E-state index contributed by atoms with van der Waals surface area (Å²) in [5.41, 5.74) is 5.22. The topological polar surface area (TPSA) is 117 Å². The molecule has 0 radical (unpaired) electrons. The van der Waals surface area contributed by atoms with Gasteiger partial charge in [-0.2, -0.15) is 4.98 Å². The zero-order valence-corrected chi connectivity index (χ0v) is 23.8. The van der Waals surface area contributed by atoms with Crippen molar-refractivity contribution in [3.63, 3.8) is 0 Å². The summed E-state index contributed by atoms with van der Waals surface area (Å²) in [7, 11) is 2.02. The van der Waals surface area contributed by atoms with Crippen LogP contribution in [0.2, 0.25) is 0 Å². The number of halogens is 1. The van der Waals surface area contributed by atoms with Crippen LogP contribution in [0, 0.1) is 5.82 Å². The van der Waals surface area contributed by atoms with Gasteiger partial charge in [0.25, 0.3) is 0 Å². The van der Waals surface area contributed by atoms with Gasteiger partial charge in [-0.15, -0.1) is 0 Å². The first kappa shape index (κ1) is 28.0. The van der Waals surface area contributed by atoms with Crippen LogP contribution in [0.1, 0.15) is 11.1 Å².